The second-order valence-corrected chi connectivity index (χ2v) is 39.4. The van der Waals surface area contributed by atoms with E-state index in [9.17, 15) is 0 Å². The van der Waals surface area contributed by atoms with E-state index in [0.717, 1.165) is 100.0 Å². The fourth-order valence-corrected chi connectivity index (χ4v) is 22.2. The van der Waals surface area contributed by atoms with E-state index in [1.807, 2.05) is 42.5 Å². The Morgan fingerprint density at radius 2 is 0.458 bits per heavy atom. The Balaban J connectivity index is 0.000000116. The third kappa shape index (κ3) is 15.0. The van der Waals surface area contributed by atoms with Crippen molar-refractivity contribution in [2.24, 2.45) is 0 Å². The summed E-state index contributed by atoms with van der Waals surface area (Å²) < 4.78 is 2.33. The van der Waals surface area contributed by atoms with Crippen molar-refractivity contribution in [2.75, 3.05) is 0 Å². The lowest BCUT2D eigenvalue weighted by Crippen LogP contribution is -2.15. The molecule has 0 atom stereocenters. The Labute approximate surface area is 827 Å². The van der Waals surface area contributed by atoms with Crippen LogP contribution >= 0.6 is 0 Å². The molecule has 0 aliphatic heterocycles. The predicted octanol–water partition coefficient (Wildman–Crippen LogP) is 32.8. The van der Waals surface area contributed by atoms with Gasteiger partial charge in [0.2, 0.25) is 0 Å². The first-order valence-electron chi connectivity index (χ1n) is 48.6. The van der Waals surface area contributed by atoms with Gasteiger partial charge in [-0.3, -0.25) is 0 Å². The van der Waals surface area contributed by atoms with Gasteiger partial charge in [0.15, 0.2) is 58.1 Å². The normalized spacial score (nSPS) is 13.5. The molecule has 4 aromatic heterocycles. The van der Waals surface area contributed by atoms with Gasteiger partial charge in [-0.25, -0.2) is 49.7 Å². The van der Waals surface area contributed by atoms with Gasteiger partial charge in [-0.2, -0.15) is 0 Å². The quantitative estimate of drug-likeness (QED) is 0.104. The van der Waals surface area contributed by atoms with Crippen molar-refractivity contribution < 1.29 is 0 Å². The Morgan fingerprint density at radius 3 is 0.845 bits per heavy atom. The first kappa shape index (κ1) is 87.1. The minimum Gasteiger partial charge on any atom is -0.309 e. The number of rotatable bonds is 13. The Hall–Kier alpha value is -17.7. The lowest BCUT2D eigenvalue weighted by molar-refractivity contribution is 0.660. The Kier molecular flexibility index (Phi) is 21.3. The highest BCUT2D eigenvalue weighted by molar-refractivity contribution is 6.11. The number of aromatic nitrogens is 10. The molecule has 4 aliphatic carbocycles. The van der Waals surface area contributed by atoms with Crippen LogP contribution in [0.15, 0.2) is 425 Å². The monoisotopic (exact) mass is 1820 g/mol. The van der Waals surface area contributed by atoms with Crippen LogP contribution in [-0.4, -0.2) is 49.4 Å². The summed E-state index contributed by atoms with van der Waals surface area (Å²) in [6.45, 7) is 28.0. The maximum absolute atomic E-state index is 7.44. The van der Waals surface area contributed by atoms with Crippen LogP contribution in [0.4, 0.5) is 5.69 Å². The minimum absolute atomic E-state index is 0.104. The van der Waals surface area contributed by atoms with Gasteiger partial charge < -0.3 is 4.57 Å². The molecule has 0 spiro atoms. The van der Waals surface area contributed by atoms with Gasteiger partial charge in [-0.05, 0) is 184 Å². The number of aryl methyl sites for hydroxylation is 1. The van der Waals surface area contributed by atoms with Crippen LogP contribution in [0.2, 0.25) is 0 Å². The van der Waals surface area contributed by atoms with E-state index in [1.54, 1.807) is 0 Å². The van der Waals surface area contributed by atoms with Crippen molar-refractivity contribution in [3.63, 3.8) is 0 Å². The molecular formula is C131H97N11. The van der Waals surface area contributed by atoms with Gasteiger partial charge in [0.1, 0.15) is 0 Å². The van der Waals surface area contributed by atoms with Crippen molar-refractivity contribution >= 4 is 27.5 Å². The lowest BCUT2D eigenvalue weighted by atomic mass is 9.82. The smallest absolute Gasteiger partial charge is 0.187 e. The van der Waals surface area contributed by atoms with Crippen molar-refractivity contribution in [1.29, 1.82) is 0 Å². The summed E-state index contributed by atoms with van der Waals surface area (Å²) in [5.41, 5.74) is 40.4. The molecule has 0 N–H and O–H groups in total. The second kappa shape index (κ2) is 34.8. The van der Waals surface area contributed by atoms with Gasteiger partial charge in [-0.15, -0.1) is 0 Å². The van der Waals surface area contributed by atoms with Crippen LogP contribution in [0, 0.1) is 13.5 Å². The fourth-order valence-electron chi connectivity index (χ4n) is 22.2. The summed E-state index contributed by atoms with van der Waals surface area (Å²) in [5, 5.41) is 2.35. The summed E-state index contributed by atoms with van der Waals surface area (Å²) in [6.07, 6.45) is 0. The van der Waals surface area contributed by atoms with E-state index in [-0.39, 0.29) is 21.7 Å². The number of fused-ring (bicyclic) bond motifs is 15. The standard InChI is InChI=1S/C48H34N4.C43H30N4.C40H33N3/c1-48(2)40-21-11-9-19-37(40)44-38(20-13-22-41(44)48)47-50-45(33-26-24-32(25-27-33)31-14-5-3-6-15-31)49-46(51-47)34-28-29-43-39(30-34)36-18-10-12-23-42(36)52(43)35-16-7-4-8-17-35;1-43(2)37-19-11-10-17-35(37)39-36(18-12-20-38(39)43)42-46-40(30-21-23-34(44-3)24-22-30)45-41(47-42)33-26-31(28-13-6-4-7-14-28)25-32(27-33)29-15-8-5-9-16-29;1-24-20-22-25(23-21-24)36-41-37(28-14-10-18-32-34(28)26-12-6-8-16-30(26)39(32,2)3)43-38(42-36)29-15-11-19-33-35(29)27-13-7-9-17-31(27)40(33,4)5/h3-30H,1-2H3;4-27H,1-2H3;6-23H,1-5H3. The third-order valence-electron chi connectivity index (χ3n) is 29.5. The van der Waals surface area contributed by atoms with Crippen LogP contribution in [0.3, 0.4) is 0 Å². The van der Waals surface area contributed by atoms with Crippen molar-refractivity contribution in [2.45, 2.75) is 84.0 Å². The lowest BCUT2D eigenvalue weighted by Gasteiger charge is -2.21. The predicted molar refractivity (Wildman–Crippen MR) is 580 cm³/mol. The number of hydrogen-bond donors (Lipinski definition) is 0. The number of nitrogens with zero attached hydrogens (tertiary/aromatic N) is 11. The van der Waals surface area contributed by atoms with Gasteiger partial charge in [0, 0.05) is 88.2 Å². The molecule has 142 heavy (non-hydrogen) atoms. The average molecular weight is 1830 g/mol. The van der Waals surface area contributed by atoms with Crippen LogP contribution in [-0.2, 0) is 21.7 Å². The van der Waals surface area contributed by atoms with Crippen molar-refractivity contribution in [1.82, 2.24) is 49.4 Å². The SMILES string of the molecule is CC1(C)c2ccccc2-c2c(-c3nc(-c4ccc(-c5ccccc5)cc4)nc(-c4ccc5c(c4)c4ccccc4n5-c4ccccc4)n3)cccc21.Cc1ccc(-c2nc(-c3cccc4c3-c3ccccc3C4(C)C)nc(-c3cccc4c3-c3ccccc3C4(C)C)n2)cc1.[C-]#[N+]c1ccc(-c2nc(-c3cc(-c4ccccc4)cc(-c4ccccc4)c3)nc(-c3cccc4c3-c3ccccc3C4(C)C)n2)cc1. The van der Waals surface area contributed by atoms with E-state index in [4.69, 9.17) is 51.4 Å². The summed E-state index contributed by atoms with van der Waals surface area (Å²) in [6, 6.07) is 149. The van der Waals surface area contributed by atoms with E-state index < -0.39 is 0 Å². The molecule has 0 unspecified atom stereocenters. The summed E-state index contributed by atoms with van der Waals surface area (Å²) >= 11 is 0. The van der Waals surface area contributed by atoms with Gasteiger partial charge >= 0.3 is 0 Å². The third-order valence-corrected chi connectivity index (χ3v) is 29.5. The number of benzene rings is 18. The first-order valence-corrected chi connectivity index (χ1v) is 48.6. The second-order valence-electron chi connectivity index (χ2n) is 39.4. The highest BCUT2D eigenvalue weighted by Crippen LogP contribution is 2.57. The molecule has 18 aromatic carbocycles. The zero-order valence-electron chi connectivity index (χ0n) is 80.3. The highest BCUT2D eigenvalue weighted by Gasteiger charge is 2.42. The molecule has 22 aromatic rings. The van der Waals surface area contributed by atoms with Crippen molar-refractivity contribution in [3.05, 3.63) is 486 Å². The fraction of sp³-hybridized carbons (Fsp3) is 0.0992. The maximum atomic E-state index is 7.44. The van der Waals surface area contributed by atoms with Gasteiger partial charge in [0.25, 0.3) is 0 Å². The van der Waals surface area contributed by atoms with Crippen molar-refractivity contribution in [3.8, 4) is 186 Å². The highest BCUT2D eigenvalue weighted by atomic mass is 15.1. The molecule has 11 nitrogen and oxygen atoms in total. The molecule has 676 valence electrons. The molecule has 0 radical (unpaired) electrons. The largest absolute Gasteiger partial charge is 0.309 e. The average Bonchev–Trinajstić information content (AvgIpc) is 1.58. The Bertz CT molecular complexity index is 8630. The van der Waals surface area contributed by atoms with Crippen LogP contribution in [0.1, 0.15) is 105 Å². The van der Waals surface area contributed by atoms with E-state index in [0.29, 0.717) is 58.1 Å². The number of hydrogen-bond acceptors (Lipinski definition) is 9. The van der Waals surface area contributed by atoms with E-state index >= 15 is 0 Å². The van der Waals surface area contributed by atoms with E-state index in [1.165, 1.54) is 106 Å². The molecule has 11 heteroatoms. The summed E-state index contributed by atoms with van der Waals surface area (Å²) in [4.78, 5) is 50.4. The van der Waals surface area contributed by atoms with Crippen LogP contribution < -0.4 is 0 Å². The zero-order valence-corrected chi connectivity index (χ0v) is 80.3. The molecule has 0 amide bonds. The molecule has 4 heterocycles. The summed E-state index contributed by atoms with van der Waals surface area (Å²) in [5.74, 6) is 5.84. The first-order chi connectivity index (χ1) is 69.3. The molecule has 0 bridgehead atoms. The minimum atomic E-state index is -0.148. The molecule has 0 fully saturated rings. The number of para-hydroxylation sites is 2. The molecule has 0 saturated heterocycles. The Morgan fingerprint density at radius 1 is 0.197 bits per heavy atom. The van der Waals surface area contributed by atoms with E-state index in [2.05, 4.69) is 454 Å². The summed E-state index contributed by atoms with van der Waals surface area (Å²) in [7, 11) is 0. The molecule has 26 rings (SSSR count). The topological polar surface area (TPSA) is 125 Å². The molecule has 0 saturated carbocycles. The van der Waals surface area contributed by atoms with Gasteiger partial charge in [-0.1, -0.05) is 431 Å². The van der Waals surface area contributed by atoms with Crippen LogP contribution in [0.5, 0.6) is 0 Å². The maximum Gasteiger partial charge on any atom is 0.187 e. The molecular weight excluding hydrogens is 1730 g/mol. The zero-order chi connectivity index (χ0) is 96.3. The van der Waals surface area contributed by atoms with Crippen LogP contribution in [0.25, 0.3) is 213 Å². The molecule has 4 aliphatic rings. The van der Waals surface area contributed by atoms with Gasteiger partial charge in [0.05, 0.1) is 17.6 Å².